The lowest BCUT2D eigenvalue weighted by atomic mass is 10.1. The zero-order chi connectivity index (χ0) is 21.5. The molecular formula is C21H19ClN4O4. The van der Waals surface area contributed by atoms with E-state index in [1.807, 2.05) is 25.1 Å². The number of nitrogens with zero attached hydrogens (tertiary/aromatic N) is 2. The van der Waals surface area contributed by atoms with Crippen molar-refractivity contribution >= 4 is 23.7 Å². The van der Waals surface area contributed by atoms with Crippen LogP contribution in [0.1, 0.15) is 23.0 Å². The highest BCUT2D eigenvalue weighted by atomic mass is 35.5. The Morgan fingerprint density at radius 2 is 2.03 bits per heavy atom. The van der Waals surface area contributed by atoms with Crippen molar-refractivity contribution < 1.29 is 14.3 Å². The van der Waals surface area contributed by atoms with Crippen LogP contribution in [0, 0.1) is 0 Å². The summed E-state index contributed by atoms with van der Waals surface area (Å²) in [4.78, 5) is 30.6. The third-order valence-electron chi connectivity index (χ3n) is 3.97. The topological polar surface area (TPSA) is 106 Å². The lowest BCUT2D eigenvalue weighted by Crippen LogP contribution is -2.24. The number of aromatic nitrogens is 2. The predicted octanol–water partition coefficient (Wildman–Crippen LogP) is 3.26. The molecule has 9 heteroatoms. The molecule has 30 heavy (non-hydrogen) atoms. The van der Waals surface area contributed by atoms with Gasteiger partial charge in [0.1, 0.15) is 5.69 Å². The van der Waals surface area contributed by atoms with Gasteiger partial charge in [-0.1, -0.05) is 41.9 Å². The average Bonchev–Trinajstić information content (AvgIpc) is 2.74. The van der Waals surface area contributed by atoms with Crippen LogP contribution in [0.15, 0.2) is 58.4 Å². The number of methoxy groups -OCH3 is 1. The predicted molar refractivity (Wildman–Crippen MR) is 115 cm³/mol. The first-order valence-corrected chi connectivity index (χ1v) is 9.40. The molecule has 0 fully saturated rings. The molecule has 2 N–H and O–H groups in total. The van der Waals surface area contributed by atoms with Gasteiger partial charge < -0.3 is 14.5 Å². The summed E-state index contributed by atoms with van der Waals surface area (Å²) < 4.78 is 10.7. The molecule has 0 unspecified atom stereocenters. The van der Waals surface area contributed by atoms with Crippen molar-refractivity contribution in [3.8, 4) is 22.8 Å². The van der Waals surface area contributed by atoms with Crippen LogP contribution >= 0.6 is 11.6 Å². The minimum atomic E-state index is -0.631. The third kappa shape index (κ3) is 5.03. The highest BCUT2D eigenvalue weighted by Gasteiger charge is 2.12. The summed E-state index contributed by atoms with van der Waals surface area (Å²) in [7, 11) is 1.50. The van der Waals surface area contributed by atoms with E-state index in [2.05, 4.69) is 20.5 Å². The van der Waals surface area contributed by atoms with Gasteiger partial charge >= 0.3 is 5.69 Å². The molecule has 1 aromatic heterocycles. The second-order valence-corrected chi connectivity index (χ2v) is 6.42. The van der Waals surface area contributed by atoms with Crippen LogP contribution < -0.4 is 20.6 Å². The van der Waals surface area contributed by atoms with Crippen LogP contribution in [0.5, 0.6) is 11.5 Å². The summed E-state index contributed by atoms with van der Waals surface area (Å²) in [5, 5.41) is 4.28. The van der Waals surface area contributed by atoms with E-state index in [1.54, 1.807) is 24.3 Å². The summed E-state index contributed by atoms with van der Waals surface area (Å²) in [6.07, 6.45) is 1.41. The van der Waals surface area contributed by atoms with Crippen LogP contribution in [0.3, 0.4) is 0 Å². The van der Waals surface area contributed by atoms with Crippen LogP contribution in [0.25, 0.3) is 11.3 Å². The number of aromatic amines is 1. The number of carbonyl (C=O) groups excluding carboxylic acids is 1. The van der Waals surface area contributed by atoms with Crippen LogP contribution in [0.2, 0.25) is 5.02 Å². The van der Waals surface area contributed by atoms with Crippen molar-refractivity contribution in [2.24, 2.45) is 5.10 Å². The van der Waals surface area contributed by atoms with Crippen LogP contribution in [-0.2, 0) is 0 Å². The van der Waals surface area contributed by atoms with E-state index < -0.39 is 11.6 Å². The number of ether oxygens (including phenoxy) is 2. The number of amides is 1. The maximum atomic E-state index is 12.4. The zero-order valence-corrected chi connectivity index (χ0v) is 17.1. The van der Waals surface area contributed by atoms with Gasteiger partial charge in [-0.3, -0.25) is 4.79 Å². The fraction of sp³-hybridized carbons (Fsp3) is 0.143. The Labute approximate surface area is 177 Å². The number of hydrazone groups is 1. The quantitative estimate of drug-likeness (QED) is 0.445. The number of halogens is 1. The molecule has 0 bridgehead atoms. The molecule has 2 aromatic carbocycles. The summed E-state index contributed by atoms with van der Waals surface area (Å²) in [6.45, 7) is 2.27. The molecule has 8 nitrogen and oxygen atoms in total. The fourth-order valence-electron chi connectivity index (χ4n) is 2.69. The standard InChI is InChI=1S/C21H19ClN4O4/c1-3-30-18-10-13(9-15(22)19(18)29-2)12-23-26-20(27)17-11-16(24-21(28)25-17)14-7-5-4-6-8-14/h4-12H,3H2,1-2H3,(H,26,27)(H,24,25,28)/b23-12+. The monoisotopic (exact) mass is 426 g/mol. The van der Waals surface area contributed by atoms with E-state index in [9.17, 15) is 9.59 Å². The summed E-state index contributed by atoms with van der Waals surface area (Å²) >= 11 is 6.20. The lowest BCUT2D eigenvalue weighted by Gasteiger charge is -2.11. The van der Waals surface area contributed by atoms with Gasteiger partial charge in [0.25, 0.3) is 5.91 Å². The van der Waals surface area contributed by atoms with Gasteiger partial charge in [-0.2, -0.15) is 10.1 Å². The van der Waals surface area contributed by atoms with Gasteiger partial charge in [0.15, 0.2) is 11.5 Å². The zero-order valence-electron chi connectivity index (χ0n) is 16.3. The average molecular weight is 427 g/mol. The SMILES string of the molecule is CCOc1cc(/C=N/NC(=O)c2cc(-c3ccccc3)nc(=O)[nH]2)cc(Cl)c1OC. The maximum Gasteiger partial charge on any atom is 0.346 e. The van der Waals surface area contributed by atoms with E-state index in [0.717, 1.165) is 5.56 Å². The molecule has 3 rings (SSSR count). The summed E-state index contributed by atoms with van der Waals surface area (Å²) in [6, 6.07) is 13.9. The number of hydrogen-bond acceptors (Lipinski definition) is 6. The lowest BCUT2D eigenvalue weighted by molar-refractivity contribution is 0.0949. The van der Waals surface area contributed by atoms with E-state index in [1.165, 1.54) is 19.4 Å². The van der Waals surface area contributed by atoms with Gasteiger partial charge in [-0.25, -0.2) is 10.2 Å². The Balaban J connectivity index is 1.78. The normalized spacial score (nSPS) is 10.8. The van der Waals surface area contributed by atoms with Gasteiger partial charge in [-0.05, 0) is 30.7 Å². The third-order valence-corrected chi connectivity index (χ3v) is 4.26. The first-order chi connectivity index (χ1) is 14.5. The van der Waals surface area contributed by atoms with E-state index in [0.29, 0.717) is 34.4 Å². The van der Waals surface area contributed by atoms with Crippen molar-refractivity contribution in [2.75, 3.05) is 13.7 Å². The fourth-order valence-corrected chi connectivity index (χ4v) is 2.98. The minimum absolute atomic E-state index is 0.0359. The molecule has 0 aliphatic carbocycles. The smallest absolute Gasteiger partial charge is 0.346 e. The molecule has 1 heterocycles. The molecule has 0 aliphatic rings. The number of carbonyl (C=O) groups is 1. The summed E-state index contributed by atoms with van der Waals surface area (Å²) in [5.74, 6) is 0.293. The molecule has 1 amide bonds. The Morgan fingerprint density at radius 1 is 1.27 bits per heavy atom. The Morgan fingerprint density at radius 3 is 2.73 bits per heavy atom. The van der Waals surface area contributed by atoms with Crippen molar-refractivity contribution in [1.82, 2.24) is 15.4 Å². The van der Waals surface area contributed by atoms with Crippen molar-refractivity contribution in [1.29, 1.82) is 0 Å². The van der Waals surface area contributed by atoms with Crippen molar-refractivity contribution in [3.63, 3.8) is 0 Å². The molecule has 0 spiro atoms. The highest BCUT2D eigenvalue weighted by molar-refractivity contribution is 6.32. The maximum absolute atomic E-state index is 12.4. The van der Waals surface area contributed by atoms with Gasteiger partial charge in [0.2, 0.25) is 0 Å². The molecule has 0 radical (unpaired) electrons. The van der Waals surface area contributed by atoms with E-state index in [4.69, 9.17) is 21.1 Å². The highest BCUT2D eigenvalue weighted by Crippen LogP contribution is 2.35. The second kappa shape index (κ2) is 9.71. The largest absolute Gasteiger partial charge is 0.491 e. The van der Waals surface area contributed by atoms with Gasteiger partial charge in [0.05, 0.1) is 30.6 Å². The van der Waals surface area contributed by atoms with E-state index >= 15 is 0 Å². The van der Waals surface area contributed by atoms with Gasteiger partial charge in [0, 0.05) is 5.56 Å². The van der Waals surface area contributed by atoms with Crippen molar-refractivity contribution in [3.05, 3.63) is 75.3 Å². The molecule has 0 aliphatic heterocycles. The van der Waals surface area contributed by atoms with Crippen molar-refractivity contribution in [2.45, 2.75) is 6.92 Å². The molecular weight excluding hydrogens is 408 g/mol. The number of nitrogens with one attached hydrogen (secondary N) is 2. The molecule has 0 atom stereocenters. The molecule has 0 saturated carbocycles. The first kappa shape index (κ1) is 21.1. The first-order valence-electron chi connectivity index (χ1n) is 9.02. The number of benzene rings is 2. The Kier molecular flexibility index (Phi) is 6.82. The molecule has 3 aromatic rings. The molecule has 154 valence electrons. The Bertz CT molecular complexity index is 1130. The van der Waals surface area contributed by atoms with E-state index in [-0.39, 0.29) is 5.69 Å². The molecule has 0 saturated heterocycles. The number of hydrogen-bond donors (Lipinski definition) is 2. The summed E-state index contributed by atoms with van der Waals surface area (Å²) in [5.41, 5.74) is 3.48. The van der Waals surface area contributed by atoms with Crippen LogP contribution in [0.4, 0.5) is 0 Å². The van der Waals surface area contributed by atoms with Crippen LogP contribution in [-0.4, -0.2) is 35.8 Å². The minimum Gasteiger partial charge on any atom is -0.491 e. The Hall–Kier alpha value is -3.65. The number of H-pyrrole nitrogens is 1. The number of rotatable bonds is 7. The second-order valence-electron chi connectivity index (χ2n) is 6.02. The van der Waals surface area contributed by atoms with Gasteiger partial charge in [-0.15, -0.1) is 0 Å².